The molecule has 2 fully saturated rings. The fourth-order valence-electron chi connectivity index (χ4n) is 3.28. The normalized spacial score (nSPS) is 29.6. The van der Waals surface area contributed by atoms with Gasteiger partial charge in [0.15, 0.2) is 0 Å². The van der Waals surface area contributed by atoms with Gasteiger partial charge in [0.25, 0.3) is 0 Å². The summed E-state index contributed by atoms with van der Waals surface area (Å²) in [7, 11) is 0. The van der Waals surface area contributed by atoms with E-state index in [0.29, 0.717) is 24.0 Å². The minimum atomic E-state index is -0.713. The number of rotatable bonds is 11. The Morgan fingerprint density at radius 2 is 2.13 bits per heavy atom. The van der Waals surface area contributed by atoms with Gasteiger partial charge in [-0.1, -0.05) is 37.3 Å². The van der Waals surface area contributed by atoms with Crippen LogP contribution in [0.3, 0.4) is 0 Å². The molecule has 1 saturated heterocycles. The van der Waals surface area contributed by atoms with Crippen molar-refractivity contribution in [3.05, 3.63) is 42.9 Å². The zero-order chi connectivity index (χ0) is 16.5. The SMILES string of the molecule is CC/C=C\C[CH+][C@@H]1C[C@@H]2O[C@@H]2[C@H]1/C=C\C/C=C\CCCC(=O)O. The zero-order valence-corrected chi connectivity index (χ0v) is 14.1. The second-order valence-electron chi connectivity index (χ2n) is 6.39. The summed E-state index contributed by atoms with van der Waals surface area (Å²) in [4.78, 5) is 10.4. The fourth-order valence-corrected chi connectivity index (χ4v) is 3.28. The summed E-state index contributed by atoms with van der Waals surface area (Å²) in [5.74, 6) is 0.473. The third-order valence-electron chi connectivity index (χ3n) is 4.54. The van der Waals surface area contributed by atoms with Gasteiger partial charge in [0.05, 0.1) is 18.6 Å². The maximum absolute atomic E-state index is 10.4. The van der Waals surface area contributed by atoms with Crippen molar-refractivity contribution in [2.45, 2.75) is 64.1 Å². The first-order valence-corrected chi connectivity index (χ1v) is 8.89. The van der Waals surface area contributed by atoms with Gasteiger partial charge in [-0.15, -0.1) is 0 Å². The molecule has 1 heterocycles. The van der Waals surface area contributed by atoms with Gasteiger partial charge < -0.3 is 9.84 Å². The molecule has 0 unspecified atom stereocenters. The van der Waals surface area contributed by atoms with Crippen molar-refractivity contribution >= 4 is 5.97 Å². The molecule has 1 aliphatic carbocycles. The predicted octanol–water partition coefficient (Wildman–Crippen LogP) is 4.71. The van der Waals surface area contributed by atoms with E-state index in [1.165, 1.54) is 6.42 Å². The van der Waals surface area contributed by atoms with Crippen LogP contribution in [0.4, 0.5) is 0 Å². The Labute approximate surface area is 140 Å². The molecule has 4 atom stereocenters. The molecule has 2 aliphatic rings. The average Bonchev–Trinajstić information content (AvgIpc) is 3.20. The van der Waals surface area contributed by atoms with Gasteiger partial charge in [-0.05, 0) is 31.8 Å². The first kappa shape index (κ1) is 17.9. The minimum absolute atomic E-state index is 0.257. The van der Waals surface area contributed by atoms with Crippen LogP contribution in [0.1, 0.15) is 51.9 Å². The van der Waals surface area contributed by atoms with Crippen LogP contribution in [-0.4, -0.2) is 23.3 Å². The minimum Gasteiger partial charge on any atom is -0.481 e. The number of ether oxygens (including phenoxy) is 1. The van der Waals surface area contributed by atoms with Crippen molar-refractivity contribution in [1.82, 2.24) is 0 Å². The molecule has 1 N–H and O–H groups in total. The summed E-state index contributed by atoms with van der Waals surface area (Å²) >= 11 is 0. The molecule has 2 rings (SSSR count). The van der Waals surface area contributed by atoms with E-state index in [1.54, 1.807) is 0 Å². The quantitative estimate of drug-likeness (QED) is 0.260. The van der Waals surface area contributed by atoms with Gasteiger partial charge in [-0.2, -0.15) is 0 Å². The number of aliphatic carboxylic acids is 1. The van der Waals surface area contributed by atoms with Gasteiger partial charge in [0.1, 0.15) is 12.3 Å². The summed E-state index contributed by atoms with van der Waals surface area (Å²) in [5.41, 5.74) is 0. The van der Waals surface area contributed by atoms with E-state index in [2.05, 4.69) is 49.8 Å². The first-order chi connectivity index (χ1) is 11.2. The molecule has 1 aliphatic heterocycles. The lowest BCUT2D eigenvalue weighted by atomic mass is 9.90. The van der Waals surface area contributed by atoms with Crippen LogP contribution in [0.25, 0.3) is 0 Å². The van der Waals surface area contributed by atoms with E-state index in [1.807, 2.05) is 0 Å². The summed E-state index contributed by atoms with van der Waals surface area (Å²) in [6.45, 7) is 2.16. The number of allylic oxidation sites excluding steroid dienone is 5. The average molecular weight is 317 g/mol. The third kappa shape index (κ3) is 6.26. The summed E-state index contributed by atoms with van der Waals surface area (Å²) < 4.78 is 5.69. The highest BCUT2D eigenvalue weighted by Crippen LogP contribution is 2.48. The number of carboxylic acid groups (broad SMARTS) is 1. The molecule has 0 bridgehead atoms. The van der Waals surface area contributed by atoms with Gasteiger partial charge in [0.2, 0.25) is 0 Å². The Hall–Kier alpha value is -1.48. The maximum atomic E-state index is 10.4. The van der Waals surface area contributed by atoms with Crippen molar-refractivity contribution in [2.75, 3.05) is 0 Å². The van der Waals surface area contributed by atoms with Gasteiger partial charge in [0, 0.05) is 18.8 Å². The molecular weight excluding hydrogens is 288 g/mol. The predicted molar refractivity (Wildman–Crippen MR) is 93.0 cm³/mol. The van der Waals surface area contributed by atoms with E-state index in [4.69, 9.17) is 9.84 Å². The molecule has 0 aromatic heterocycles. The Bertz CT molecular complexity index is 450. The van der Waals surface area contributed by atoms with E-state index < -0.39 is 5.97 Å². The van der Waals surface area contributed by atoms with Gasteiger partial charge in [-0.3, -0.25) is 4.79 Å². The number of fused-ring (bicyclic) bond motifs is 1. The second-order valence-corrected chi connectivity index (χ2v) is 6.39. The molecular formula is C20H29O3+. The highest BCUT2D eigenvalue weighted by atomic mass is 16.6. The number of hydrogen-bond donors (Lipinski definition) is 1. The summed E-state index contributed by atoms with van der Waals surface area (Å²) in [6, 6.07) is 0. The van der Waals surface area contributed by atoms with Crippen LogP contribution < -0.4 is 0 Å². The van der Waals surface area contributed by atoms with Crippen LogP contribution in [0.2, 0.25) is 0 Å². The Morgan fingerprint density at radius 1 is 1.26 bits per heavy atom. The van der Waals surface area contributed by atoms with Crippen LogP contribution in [-0.2, 0) is 9.53 Å². The van der Waals surface area contributed by atoms with Crippen LogP contribution >= 0.6 is 0 Å². The Balaban J connectivity index is 1.65. The zero-order valence-electron chi connectivity index (χ0n) is 14.1. The molecule has 126 valence electrons. The molecule has 3 nitrogen and oxygen atoms in total. The van der Waals surface area contributed by atoms with E-state index >= 15 is 0 Å². The number of epoxide rings is 1. The van der Waals surface area contributed by atoms with Crippen molar-refractivity contribution in [3.63, 3.8) is 0 Å². The van der Waals surface area contributed by atoms with Crippen molar-refractivity contribution in [1.29, 1.82) is 0 Å². The highest BCUT2D eigenvalue weighted by Gasteiger charge is 2.57. The molecule has 23 heavy (non-hydrogen) atoms. The number of carboxylic acids is 1. The largest absolute Gasteiger partial charge is 0.481 e. The molecule has 0 spiro atoms. The number of carbonyl (C=O) groups is 1. The molecule has 0 aromatic rings. The number of hydrogen-bond acceptors (Lipinski definition) is 2. The lowest BCUT2D eigenvalue weighted by molar-refractivity contribution is -0.137. The monoisotopic (exact) mass is 317 g/mol. The lowest BCUT2D eigenvalue weighted by Crippen LogP contribution is -2.13. The molecule has 3 heteroatoms. The van der Waals surface area contributed by atoms with Gasteiger partial charge >= 0.3 is 5.97 Å². The third-order valence-corrected chi connectivity index (χ3v) is 4.54. The van der Waals surface area contributed by atoms with Crippen molar-refractivity contribution in [2.24, 2.45) is 11.8 Å². The van der Waals surface area contributed by atoms with Crippen LogP contribution in [0.5, 0.6) is 0 Å². The first-order valence-electron chi connectivity index (χ1n) is 8.89. The topological polar surface area (TPSA) is 49.8 Å². The molecule has 0 amide bonds. The second kappa shape index (κ2) is 9.61. The Kier molecular flexibility index (Phi) is 7.47. The standard InChI is InChI=1S/C20H28O3/c1-2-3-4-9-12-16-15-18-20(23-18)17(16)13-10-7-5-6-8-11-14-19(21)22/h3-6,10,12-13,16-18,20H,2,7-9,11,14-15H2,1H3/p+1/b4-3-,6-5-,13-10-/t16-,17+,18+,20-/m1/s1. The van der Waals surface area contributed by atoms with E-state index in [0.717, 1.165) is 32.1 Å². The van der Waals surface area contributed by atoms with Crippen molar-refractivity contribution < 1.29 is 14.6 Å². The molecule has 0 radical (unpaired) electrons. The number of unbranched alkanes of at least 4 members (excludes halogenated alkanes) is 1. The highest BCUT2D eigenvalue weighted by molar-refractivity contribution is 5.66. The van der Waals surface area contributed by atoms with E-state index in [-0.39, 0.29) is 6.42 Å². The van der Waals surface area contributed by atoms with E-state index in [9.17, 15) is 4.79 Å². The van der Waals surface area contributed by atoms with Crippen molar-refractivity contribution in [3.8, 4) is 0 Å². The Morgan fingerprint density at radius 3 is 2.91 bits per heavy atom. The lowest BCUT2D eigenvalue weighted by Gasteiger charge is -2.10. The van der Waals surface area contributed by atoms with Gasteiger partial charge in [-0.25, -0.2) is 0 Å². The maximum Gasteiger partial charge on any atom is 0.303 e. The summed E-state index contributed by atoms with van der Waals surface area (Å²) in [6.07, 6.45) is 22.7. The molecule has 0 aromatic carbocycles. The smallest absolute Gasteiger partial charge is 0.303 e. The van der Waals surface area contributed by atoms with Crippen LogP contribution in [0, 0.1) is 18.3 Å². The van der Waals surface area contributed by atoms with Crippen LogP contribution in [0.15, 0.2) is 36.5 Å². The fraction of sp³-hybridized carbons (Fsp3) is 0.600. The summed E-state index contributed by atoms with van der Waals surface area (Å²) in [5, 5.41) is 8.57. The molecule has 1 saturated carbocycles.